The molecule has 0 aliphatic carbocycles. The minimum atomic E-state index is -3.68. The Morgan fingerprint density at radius 3 is 2.26 bits per heavy atom. The second-order valence-electron chi connectivity index (χ2n) is 6.14. The van der Waals surface area contributed by atoms with E-state index in [9.17, 15) is 17.6 Å². The number of hydrogen-bond donors (Lipinski definition) is 2. The quantitative estimate of drug-likeness (QED) is 0.705. The van der Waals surface area contributed by atoms with Crippen LogP contribution in [-0.2, 0) is 14.6 Å². The van der Waals surface area contributed by atoms with Gasteiger partial charge in [-0.15, -0.1) is 0 Å². The summed E-state index contributed by atoms with van der Waals surface area (Å²) < 4.78 is 37.7. The molecule has 0 saturated heterocycles. The Morgan fingerprint density at radius 2 is 1.78 bits per heavy atom. The molecule has 5 nitrogen and oxygen atoms in total. The number of nitrogens with two attached hydrogens (primary N) is 1. The first-order valence-corrected chi connectivity index (χ1v) is 9.20. The monoisotopic (exact) mass is 344 g/mol. The Balaban J connectivity index is 2.72. The third-order valence-electron chi connectivity index (χ3n) is 3.55. The molecule has 2 unspecified atom stereocenters. The molecule has 0 spiro atoms. The van der Waals surface area contributed by atoms with Crippen molar-refractivity contribution in [3.8, 4) is 0 Å². The Labute approximate surface area is 137 Å². The van der Waals surface area contributed by atoms with Gasteiger partial charge in [0.25, 0.3) is 0 Å². The summed E-state index contributed by atoms with van der Waals surface area (Å²) in [5, 5.41) is 1.88. The van der Waals surface area contributed by atoms with Gasteiger partial charge in [0, 0.05) is 19.0 Å². The van der Waals surface area contributed by atoms with E-state index in [-0.39, 0.29) is 23.3 Å². The van der Waals surface area contributed by atoms with Gasteiger partial charge in [-0.25, -0.2) is 12.8 Å². The first kappa shape index (κ1) is 19.6. The van der Waals surface area contributed by atoms with Crippen molar-refractivity contribution in [3.63, 3.8) is 0 Å². The van der Waals surface area contributed by atoms with Gasteiger partial charge >= 0.3 is 0 Å². The lowest BCUT2D eigenvalue weighted by atomic mass is 10.0. The Kier molecular flexibility index (Phi) is 7.15. The predicted molar refractivity (Wildman–Crippen MR) is 88.1 cm³/mol. The van der Waals surface area contributed by atoms with Crippen LogP contribution in [0.4, 0.5) is 4.39 Å². The summed E-state index contributed by atoms with van der Waals surface area (Å²) in [6.07, 6.45) is 0.579. The minimum absolute atomic E-state index is 0.0109. The van der Waals surface area contributed by atoms with E-state index in [1.165, 1.54) is 19.1 Å². The Morgan fingerprint density at radius 1 is 1.22 bits per heavy atom. The summed E-state index contributed by atoms with van der Waals surface area (Å²) in [6.45, 7) is 5.83. The van der Waals surface area contributed by atoms with Crippen LogP contribution in [0, 0.1) is 11.7 Å². The number of carbonyl (C=O) groups is 1. The lowest BCUT2D eigenvalue weighted by Crippen LogP contribution is -2.42. The van der Waals surface area contributed by atoms with Gasteiger partial charge in [-0.05, 0) is 43.5 Å². The molecular formula is C16H25FN2O3S. The summed E-state index contributed by atoms with van der Waals surface area (Å²) in [5.74, 6) is -0.475. The van der Waals surface area contributed by atoms with Crippen molar-refractivity contribution in [2.75, 3.05) is 6.54 Å². The van der Waals surface area contributed by atoms with Crippen molar-refractivity contribution < 1.29 is 17.6 Å². The molecule has 1 rings (SSSR count). The molecule has 2 atom stereocenters. The number of hydrogen-bond acceptors (Lipinski definition) is 4. The zero-order valence-electron chi connectivity index (χ0n) is 13.8. The summed E-state index contributed by atoms with van der Waals surface area (Å²) in [6, 6.07) is 4.43. The van der Waals surface area contributed by atoms with Gasteiger partial charge in [0.05, 0.1) is 10.1 Å². The van der Waals surface area contributed by atoms with E-state index in [4.69, 9.17) is 5.73 Å². The number of benzene rings is 1. The molecule has 0 aromatic heterocycles. The fourth-order valence-corrected chi connectivity index (χ4v) is 3.65. The average molecular weight is 344 g/mol. The molecule has 0 aliphatic heterocycles. The van der Waals surface area contributed by atoms with E-state index in [0.29, 0.717) is 12.5 Å². The molecule has 23 heavy (non-hydrogen) atoms. The molecule has 1 aromatic rings. The zero-order chi connectivity index (χ0) is 17.6. The molecule has 0 saturated carbocycles. The van der Waals surface area contributed by atoms with Gasteiger partial charge in [0.1, 0.15) is 5.82 Å². The predicted octanol–water partition coefficient (Wildman–Crippen LogP) is 1.87. The highest BCUT2D eigenvalue weighted by molar-refractivity contribution is 7.92. The molecule has 0 aliphatic rings. The second kappa shape index (κ2) is 8.40. The fourth-order valence-electron chi connectivity index (χ4n) is 2.30. The van der Waals surface area contributed by atoms with Crippen molar-refractivity contribution in [1.82, 2.24) is 5.32 Å². The van der Waals surface area contributed by atoms with E-state index in [0.717, 1.165) is 18.6 Å². The van der Waals surface area contributed by atoms with E-state index in [2.05, 4.69) is 5.32 Å². The summed E-state index contributed by atoms with van der Waals surface area (Å²) in [7, 11) is -3.68. The normalized spacial score (nSPS) is 14.5. The number of halogens is 1. The molecule has 0 bridgehead atoms. The summed E-state index contributed by atoms with van der Waals surface area (Å²) in [5.41, 5.74) is 5.62. The van der Waals surface area contributed by atoms with Crippen molar-refractivity contribution >= 4 is 15.7 Å². The Hall–Kier alpha value is -1.47. The number of sulfone groups is 1. The molecule has 130 valence electrons. The van der Waals surface area contributed by atoms with Gasteiger partial charge in [0.15, 0.2) is 9.84 Å². The van der Waals surface area contributed by atoms with Crippen LogP contribution in [0.2, 0.25) is 0 Å². The Bertz CT molecular complexity index is 615. The van der Waals surface area contributed by atoms with Crippen LogP contribution in [0.1, 0.15) is 33.6 Å². The molecule has 3 N–H and O–H groups in total. The largest absolute Gasteiger partial charge is 0.352 e. The van der Waals surface area contributed by atoms with Gasteiger partial charge < -0.3 is 11.1 Å². The molecule has 0 heterocycles. The van der Waals surface area contributed by atoms with Crippen molar-refractivity contribution in [2.24, 2.45) is 11.7 Å². The second-order valence-corrected chi connectivity index (χ2v) is 8.51. The van der Waals surface area contributed by atoms with E-state index >= 15 is 0 Å². The summed E-state index contributed by atoms with van der Waals surface area (Å²) >= 11 is 0. The topological polar surface area (TPSA) is 89.3 Å². The van der Waals surface area contributed by atoms with Crippen LogP contribution >= 0.6 is 0 Å². The van der Waals surface area contributed by atoms with E-state index < -0.39 is 20.9 Å². The van der Waals surface area contributed by atoms with Crippen LogP contribution in [0.25, 0.3) is 0 Å². The molecule has 1 amide bonds. The van der Waals surface area contributed by atoms with Crippen LogP contribution in [-0.4, -0.2) is 32.2 Å². The van der Waals surface area contributed by atoms with Gasteiger partial charge in [-0.1, -0.05) is 13.8 Å². The smallest absolute Gasteiger partial charge is 0.221 e. The molecule has 1 aromatic carbocycles. The SMILES string of the molecule is CC(C)CC(CN)NC(=O)CC(C)S(=O)(=O)c1ccc(F)cc1. The molecule has 0 fully saturated rings. The first-order valence-electron chi connectivity index (χ1n) is 7.65. The van der Waals surface area contributed by atoms with E-state index in [1.807, 2.05) is 13.8 Å². The van der Waals surface area contributed by atoms with Crippen molar-refractivity contribution in [1.29, 1.82) is 0 Å². The highest BCUT2D eigenvalue weighted by Gasteiger charge is 2.26. The minimum Gasteiger partial charge on any atom is -0.352 e. The van der Waals surface area contributed by atoms with Gasteiger partial charge in [-0.3, -0.25) is 4.79 Å². The maximum absolute atomic E-state index is 12.9. The fraction of sp³-hybridized carbons (Fsp3) is 0.562. The van der Waals surface area contributed by atoms with Crippen molar-refractivity contribution in [3.05, 3.63) is 30.1 Å². The third kappa shape index (κ3) is 5.91. The number of rotatable bonds is 8. The standard InChI is InChI=1S/C16H25FN2O3S/c1-11(2)8-14(10-18)19-16(20)9-12(3)23(21,22)15-6-4-13(17)5-7-15/h4-7,11-12,14H,8-10,18H2,1-3H3,(H,19,20). The lowest BCUT2D eigenvalue weighted by molar-refractivity contribution is -0.121. The zero-order valence-corrected chi connectivity index (χ0v) is 14.6. The highest BCUT2D eigenvalue weighted by atomic mass is 32.2. The molecule has 0 radical (unpaired) electrons. The van der Waals surface area contributed by atoms with Crippen molar-refractivity contribution in [2.45, 2.75) is 49.8 Å². The summed E-state index contributed by atoms with van der Waals surface area (Å²) in [4.78, 5) is 12.1. The van der Waals surface area contributed by atoms with Crippen LogP contribution in [0.3, 0.4) is 0 Å². The van der Waals surface area contributed by atoms with E-state index in [1.54, 1.807) is 0 Å². The number of carbonyl (C=O) groups excluding carboxylic acids is 1. The van der Waals surface area contributed by atoms with Crippen LogP contribution in [0.15, 0.2) is 29.2 Å². The van der Waals surface area contributed by atoms with Gasteiger partial charge in [-0.2, -0.15) is 0 Å². The van der Waals surface area contributed by atoms with Crippen LogP contribution in [0.5, 0.6) is 0 Å². The average Bonchev–Trinajstić information content (AvgIpc) is 2.46. The highest BCUT2D eigenvalue weighted by Crippen LogP contribution is 2.18. The molecule has 7 heteroatoms. The maximum Gasteiger partial charge on any atom is 0.221 e. The maximum atomic E-state index is 12.9. The number of amides is 1. The van der Waals surface area contributed by atoms with Crippen LogP contribution < -0.4 is 11.1 Å². The molecular weight excluding hydrogens is 319 g/mol. The van der Waals surface area contributed by atoms with Gasteiger partial charge in [0.2, 0.25) is 5.91 Å². The lowest BCUT2D eigenvalue weighted by Gasteiger charge is -2.20. The first-order chi connectivity index (χ1) is 10.7. The third-order valence-corrected chi connectivity index (χ3v) is 5.71. The number of nitrogens with one attached hydrogen (secondary N) is 1.